The van der Waals surface area contributed by atoms with E-state index < -0.39 is 0 Å². The zero-order valence-corrected chi connectivity index (χ0v) is 19.8. The quantitative estimate of drug-likeness (QED) is 0.450. The molecule has 0 aliphatic heterocycles. The molecule has 0 radical (unpaired) electrons. The number of allylic oxidation sites excluding steroid dienone is 4. The van der Waals surface area contributed by atoms with Gasteiger partial charge in [0.05, 0.1) is 0 Å². The molecule has 4 aliphatic carbocycles. The Morgan fingerprint density at radius 3 is 2.41 bits per heavy atom. The maximum absolute atomic E-state index is 13.2. The molecule has 0 N–H and O–H groups in total. The van der Waals surface area contributed by atoms with Crippen LogP contribution < -0.4 is 0 Å². The summed E-state index contributed by atoms with van der Waals surface area (Å²) in [6.07, 6.45) is 18.1. The van der Waals surface area contributed by atoms with Crippen molar-refractivity contribution in [2.24, 2.45) is 58.2 Å². The molecule has 9 atom stereocenters. The number of Topliss-reactive ketones (excluding diaryl/α,β-unsaturated/α-hetero) is 1. The monoisotopic (exact) mass is 396 g/mol. The number of hydrogen-bond acceptors (Lipinski definition) is 1. The summed E-state index contributed by atoms with van der Waals surface area (Å²) in [4.78, 5) is 13.2. The zero-order chi connectivity index (χ0) is 21.0. The van der Waals surface area contributed by atoms with Gasteiger partial charge in [-0.3, -0.25) is 4.79 Å². The number of carbonyl (C=O) groups excluding carboxylic acids is 1. The standard InChI is InChI=1S/C28H44O/c1-18(2)19(3)10-11-20(4)22-12-13-23-21-17-26(29)25-9-7-8-15-27(25,5)24(21)14-16-28(22,23)6/h7-8,10-11,18-25H,9,12-17H2,1-6H3/b11-10+/t19-,20+,21?,22+,23-,24-,25?,27+,28+/m0/s1. The van der Waals surface area contributed by atoms with Gasteiger partial charge in [0.15, 0.2) is 0 Å². The van der Waals surface area contributed by atoms with Gasteiger partial charge in [-0.15, -0.1) is 0 Å². The van der Waals surface area contributed by atoms with Crippen LogP contribution in [-0.4, -0.2) is 5.78 Å². The van der Waals surface area contributed by atoms with Crippen molar-refractivity contribution in [3.63, 3.8) is 0 Å². The summed E-state index contributed by atoms with van der Waals surface area (Å²) < 4.78 is 0. The minimum Gasteiger partial charge on any atom is -0.299 e. The van der Waals surface area contributed by atoms with Crippen molar-refractivity contribution in [2.45, 2.75) is 86.5 Å². The van der Waals surface area contributed by atoms with Crippen molar-refractivity contribution in [1.82, 2.24) is 0 Å². The molecule has 4 rings (SSSR count). The van der Waals surface area contributed by atoms with Gasteiger partial charge < -0.3 is 0 Å². The van der Waals surface area contributed by atoms with Gasteiger partial charge in [0.2, 0.25) is 0 Å². The van der Waals surface area contributed by atoms with Gasteiger partial charge >= 0.3 is 0 Å². The average molecular weight is 397 g/mol. The molecule has 0 amide bonds. The molecule has 1 nitrogen and oxygen atoms in total. The van der Waals surface area contributed by atoms with E-state index in [1.54, 1.807) is 0 Å². The highest BCUT2D eigenvalue weighted by atomic mass is 16.1. The van der Waals surface area contributed by atoms with Crippen LogP contribution in [0.25, 0.3) is 0 Å². The van der Waals surface area contributed by atoms with E-state index in [1.165, 1.54) is 25.7 Å². The summed E-state index contributed by atoms with van der Waals surface area (Å²) in [5.41, 5.74) is 0.659. The average Bonchev–Trinajstić information content (AvgIpc) is 3.03. The molecule has 3 saturated carbocycles. The lowest BCUT2D eigenvalue weighted by Gasteiger charge is -2.59. The number of hydrogen-bond donors (Lipinski definition) is 0. The third kappa shape index (κ3) is 3.39. The maximum atomic E-state index is 13.2. The fraction of sp³-hybridized carbons (Fsp3) is 0.821. The molecule has 0 aromatic carbocycles. The molecule has 1 heteroatoms. The molecule has 0 spiro atoms. The first-order valence-electron chi connectivity index (χ1n) is 12.5. The molecular weight excluding hydrogens is 352 g/mol. The lowest BCUT2D eigenvalue weighted by Crippen LogP contribution is -2.55. The Morgan fingerprint density at radius 2 is 1.69 bits per heavy atom. The second-order valence-corrected chi connectivity index (χ2v) is 12.1. The van der Waals surface area contributed by atoms with E-state index >= 15 is 0 Å². The van der Waals surface area contributed by atoms with Crippen molar-refractivity contribution < 1.29 is 4.79 Å². The molecule has 2 unspecified atom stereocenters. The summed E-state index contributed by atoms with van der Waals surface area (Å²) >= 11 is 0. The fourth-order valence-corrected chi connectivity index (χ4v) is 8.27. The third-order valence-corrected chi connectivity index (χ3v) is 10.5. The van der Waals surface area contributed by atoms with Crippen LogP contribution >= 0.6 is 0 Å². The van der Waals surface area contributed by atoms with Gasteiger partial charge in [-0.25, -0.2) is 0 Å². The minimum atomic E-state index is 0.229. The van der Waals surface area contributed by atoms with E-state index in [4.69, 9.17) is 0 Å². The van der Waals surface area contributed by atoms with Crippen LogP contribution in [0.3, 0.4) is 0 Å². The minimum absolute atomic E-state index is 0.229. The Kier molecular flexibility index (Phi) is 5.67. The summed E-state index contributed by atoms with van der Waals surface area (Å²) in [5.74, 6) is 5.87. The van der Waals surface area contributed by atoms with Crippen LogP contribution in [0.5, 0.6) is 0 Å². The topological polar surface area (TPSA) is 17.1 Å². The van der Waals surface area contributed by atoms with Crippen LogP contribution in [-0.2, 0) is 4.79 Å². The first-order valence-corrected chi connectivity index (χ1v) is 12.5. The van der Waals surface area contributed by atoms with Gasteiger partial charge in [-0.2, -0.15) is 0 Å². The molecular formula is C28H44O. The van der Waals surface area contributed by atoms with Crippen molar-refractivity contribution in [1.29, 1.82) is 0 Å². The van der Waals surface area contributed by atoms with Crippen molar-refractivity contribution in [3.8, 4) is 0 Å². The summed E-state index contributed by atoms with van der Waals surface area (Å²) in [6, 6.07) is 0. The van der Waals surface area contributed by atoms with Crippen LogP contribution in [0, 0.1) is 58.2 Å². The lowest BCUT2D eigenvalue weighted by atomic mass is 9.45. The number of ketones is 1. The van der Waals surface area contributed by atoms with Crippen LogP contribution in [0.1, 0.15) is 86.5 Å². The lowest BCUT2D eigenvalue weighted by molar-refractivity contribution is -0.149. The Bertz CT molecular complexity index is 686. The third-order valence-electron chi connectivity index (χ3n) is 10.5. The van der Waals surface area contributed by atoms with Crippen molar-refractivity contribution >= 4 is 5.78 Å². The highest BCUT2D eigenvalue weighted by molar-refractivity contribution is 5.83. The second-order valence-electron chi connectivity index (χ2n) is 12.1. The van der Waals surface area contributed by atoms with Crippen molar-refractivity contribution in [2.75, 3.05) is 0 Å². The second kappa shape index (κ2) is 7.69. The van der Waals surface area contributed by atoms with E-state index in [0.717, 1.165) is 37.0 Å². The SMILES string of the molecule is CC(C)[C@@H](C)/C=C/[C@@H](C)[C@H]1CC[C@H]2C3CC(=O)C4CC=CC[C@]4(C)[C@H]3CC[C@]12C. The van der Waals surface area contributed by atoms with Gasteiger partial charge in [0, 0.05) is 12.3 Å². The largest absolute Gasteiger partial charge is 0.299 e. The highest BCUT2D eigenvalue weighted by Crippen LogP contribution is 2.67. The molecule has 4 aliphatic rings. The predicted molar refractivity (Wildman–Crippen MR) is 122 cm³/mol. The van der Waals surface area contributed by atoms with Gasteiger partial charge in [0.25, 0.3) is 0 Å². The molecule has 162 valence electrons. The smallest absolute Gasteiger partial charge is 0.137 e. The van der Waals surface area contributed by atoms with Crippen LogP contribution in [0.15, 0.2) is 24.3 Å². The Labute approximate surface area is 179 Å². The first-order chi connectivity index (χ1) is 13.7. The molecule has 0 aromatic rings. The summed E-state index contributed by atoms with van der Waals surface area (Å²) in [7, 11) is 0. The van der Waals surface area contributed by atoms with Gasteiger partial charge in [-0.1, -0.05) is 65.8 Å². The van der Waals surface area contributed by atoms with Gasteiger partial charge in [-0.05, 0) is 90.8 Å². The first kappa shape index (κ1) is 21.4. The summed E-state index contributed by atoms with van der Waals surface area (Å²) in [6.45, 7) is 14.5. The number of rotatable bonds is 4. The van der Waals surface area contributed by atoms with E-state index in [9.17, 15) is 4.79 Å². The summed E-state index contributed by atoms with van der Waals surface area (Å²) in [5, 5.41) is 0. The molecule has 0 heterocycles. The van der Waals surface area contributed by atoms with Crippen LogP contribution in [0.4, 0.5) is 0 Å². The van der Waals surface area contributed by atoms with E-state index in [-0.39, 0.29) is 5.41 Å². The maximum Gasteiger partial charge on any atom is 0.137 e. The normalized spacial score (nSPS) is 46.4. The predicted octanol–water partition coefficient (Wildman–Crippen LogP) is 7.47. The number of carbonyl (C=O) groups is 1. The van der Waals surface area contributed by atoms with E-state index in [2.05, 4.69) is 65.8 Å². The Balaban J connectivity index is 1.55. The Morgan fingerprint density at radius 1 is 0.966 bits per heavy atom. The van der Waals surface area contributed by atoms with Crippen LogP contribution in [0.2, 0.25) is 0 Å². The Hall–Kier alpha value is -0.850. The van der Waals surface area contributed by atoms with Crippen molar-refractivity contribution in [3.05, 3.63) is 24.3 Å². The molecule has 0 aromatic heterocycles. The molecule has 0 saturated heterocycles. The molecule has 0 bridgehead atoms. The zero-order valence-electron chi connectivity index (χ0n) is 19.8. The van der Waals surface area contributed by atoms with E-state index in [1.807, 2.05) is 0 Å². The fourth-order valence-electron chi connectivity index (χ4n) is 8.27. The van der Waals surface area contributed by atoms with Gasteiger partial charge in [0.1, 0.15) is 5.78 Å². The molecule has 29 heavy (non-hydrogen) atoms. The molecule has 3 fully saturated rings. The van der Waals surface area contributed by atoms with E-state index in [0.29, 0.717) is 40.8 Å². The highest BCUT2D eigenvalue weighted by Gasteiger charge is 2.61. The number of fused-ring (bicyclic) bond motifs is 5.